The van der Waals surface area contributed by atoms with E-state index in [9.17, 15) is 4.79 Å². The number of carbonyl (C=O) groups is 1. The summed E-state index contributed by atoms with van der Waals surface area (Å²) < 4.78 is 0. The van der Waals surface area contributed by atoms with Gasteiger partial charge in [-0.1, -0.05) is 6.58 Å². The molecule has 0 aliphatic carbocycles. The number of aromatic amines is 1. The van der Waals surface area contributed by atoms with Crippen LogP contribution in [0.5, 0.6) is 0 Å². The van der Waals surface area contributed by atoms with Gasteiger partial charge in [0, 0.05) is 31.7 Å². The molecule has 0 spiro atoms. The molecule has 1 saturated heterocycles. The molecule has 1 aliphatic heterocycles. The van der Waals surface area contributed by atoms with E-state index in [-0.39, 0.29) is 5.91 Å². The van der Waals surface area contributed by atoms with Crippen LogP contribution in [0.2, 0.25) is 0 Å². The Hall–Kier alpha value is -2.30. The molecule has 1 fully saturated rings. The summed E-state index contributed by atoms with van der Waals surface area (Å²) in [6.07, 6.45) is 6.97. The minimum atomic E-state index is 0.00243. The standard InChI is InChI=1S/C14H16N4O/c1-3-14(19)18-8-10(9-18)17(2)13-7-15-6-12-11(13)4-5-16-12/h3-7,10,16H,1,8-9H2,2H3. The third kappa shape index (κ3) is 1.87. The lowest BCUT2D eigenvalue weighted by Crippen LogP contribution is -2.60. The lowest BCUT2D eigenvalue weighted by atomic mass is 10.1. The third-order valence-electron chi connectivity index (χ3n) is 3.73. The Balaban J connectivity index is 1.79. The second-order valence-electron chi connectivity index (χ2n) is 4.81. The number of amides is 1. The van der Waals surface area contributed by atoms with E-state index in [0.29, 0.717) is 6.04 Å². The minimum Gasteiger partial charge on any atom is -0.366 e. The molecule has 2 aromatic rings. The summed E-state index contributed by atoms with van der Waals surface area (Å²) in [5.74, 6) is 0.00243. The summed E-state index contributed by atoms with van der Waals surface area (Å²) in [4.78, 5) is 22.8. The molecule has 3 heterocycles. The van der Waals surface area contributed by atoms with E-state index in [1.807, 2.05) is 31.7 Å². The molecule has 1 aliphatic rings. The number of rotatable bonds is 3. The molecule has 0 unspecified atom stereocenters. The SMILES string of the molecule is C=CC(=O)N1CC(N(C)c2cncc3[nH]ccc23)C1. The van der Waals surface area contributed by atoms with E-state index in [1.165, 1.54) is 6.08 Å². The Kier molecular flexibility index (Phi) is 2.74. The van der Waals surface area contributed by atoms with Gasteiger partial charge in [-0.05, 0) is 12.1 Å². The molecule has 3 rings (SSSR count). The van der Waals surface area contributed by atoms with Crippen LogP contribution in [0.4, 0.5) is 5.69 Å². The largest absolute Gasteiger partial charge is 0.366 e. The van der Waals surface area contributed by atoms with E-state index in [2.05, 4.69) is 21.4 Å². The highest BCUT2D eigenvalue weighted by molar-refractivity contribution is 5.92. The number of fused-ring (bicyclic) bond motifs is 1. The summed E-state index contributed by atoms with van der Waals surface area (Å²) in [6, 6.07) is 2.39. The van der Waals surface area contributed by atoms with Crippen molar-refractivity contribution in [3.63, 3.8) is 0 Å². The van der Waals surface area contributed by atoms with Gasteiger partial charge in [-0.15, -0.1) is 0 Å². The fraction of sp³-hybridized carbons (Fsp3) is 0.286. The molecule has 19 heavy (non-hydrogen) atoms. The van der Waals surface area contributed by atoms with E-state index in [0.717, 1.165) is 29.7 Å². The Morgan fingerprint density at radius 3 is 3.11 bits per heavy atom. The third-order valence-corrected chi connectivity index (χ3v) is 3.73. The van der Waals surface area contributed by atoms with Crippen LogP contribution in [0.1, 0.15) is 0 Å². The first kappa shape index (κ1) is 11.8. The zero-order chi connectivity index (χ0) is 13.4. The molecular formula is C14H16N4O. The maximum absolute atomic E-state index is 11.4. The number of anilines is 1. The maximum Gasteiger partial charge on any atom is 0.246 e. The van der Waals surface area contributed by atoms with Gasteiger partial charge in [0.25, 0.3) is 0 Å². The lowest BCUT2D eigenvalue weighted by Gasteiger charge is -2.44. The van der Waals surface area contributed by atoms with Crippen LogP contribution in [0.25, 0.3) is 10.9 Å². The second kappa shape index (κ2) is 4.42. The highest BCUT2D eigenvalue weighted by Gasteiger charge is 2.32. The van der Waals surface area contributed by atoms with Crippen molar-refractivity contribution >= 4 is 22.5 Å². The van der Waals surface area contributed by atoms with Crippen molar-refractivity contribution in [2.24, 2.45) is 0 Å². The molecule has 1 N–H and O–H groups in total. The molecule has 2 aromatic heterocycles. The predicted octanol–water partition coefficient (Wildman–Crippen LogP) is 1.40. The van der Waals surface area contributed by atoms with Crippen molar-refractivity contribution in [1.82, 2.24) is 14.9 Å². The number of hydrogen-bond donors (Lipinski definition) is 1. The number of H-pyrrole nitrogens is 1. The van der Waals surface area contributed by atoms with Gasteiger partial charge in [0.05, 0.1) is 29.6 Å². The highest BCUT2D eigenvalue weighted by Crippen LogP contribution is 2.27. The molecule has 5 heteroatoms. The van der Waals surface area contributed by atoms with Crippen LogP contribution >= 0.6 is 0 Å². The van der Waals surface area contributed by atoms with Crippen LogP contribution in [-0.4, -0.2) is 47.0 Å². The average Bonchev–Trinajstić information content (AvgIpc) is 2.84. The van der Waals surface area contributed by atoms with Crippen LogP contribution in [0, 0.1) is 0 Å². The van der Waals surface area contributed by atoms with Gasteiger partial charge in [-0.3, -0.25) is 9.78 Å². The number of carbonyl (C=O) groups excluding carboxylic acids is 1. The number of nitrogens with zero attached hydrogens (tertiary/aromatic N) is 3. The van der Waals surface area contributed by atoms with Crippen LogP contribution in [0.3, 0.4) is 0 Å². The minimum absolute atomic E-state index is 0.00243. The Labute approximate surface area is 111 Å². The quantitative estimate of drug-likeness (QED) is 0.844. The molecular weight excluding hydrogens is 240 g/mol. The van der Waals surface area contributed by atoms with Gasteiger partial charge in [0.15, 0.2) is 0 Å². The van der Waals surface area contributed by atoms with Crippen LogP contribution in [-0.2, 0) is 4.79 Å². The summed E-state index contributed by atoms with van der Waals surface area (Å²) in [6.45, 7) is 4.98. The smallest absolute Gasteiger partial charge is 0.246 e. The molecule has 0 saturated carbocycles. The van der Waals surface area contributed by atoms with Crippen molar-refractivity contribution in [2.75, 3.05) is 25.0 Å². The summed E-state index contributed by atoms with van der Waals surface area (Å²) in [5.41, 5.74) is 2.12. The Morgan fingerprint density at radius 1 is 1.58 bits per heavy atom. The monoisotopic (exact) mass is 256 g/mol. The molecule has 1 amide bonds. The fourth-order valence-electron chi connectivity index (χ4n) is 2.45. The topological polar surface area (TPSA) is 52.2 Å². The maximum atomic E-state index is 11.4. The van der Waals surface area contributed by atoms with E-state index in [4.69, 9.17) is 0 Å². The first-order valence-electron chi connectivity index (χ1n) is 6.26. The summed E-state index contributed by atoms with van der Waals surface area (Å²) in [5, 5.41) is 1.16. The molecule has 5 nitrogen and oxygen atoms in total. The summed E-state index contributed by atoms with van der Waals surface area (Å²) in [7, 11) is 2.05. The fourth-order valence-corrected chi connectivity index (χ4v) is 2.45. The number of likely N-dealkylation sites (tertiary alicyclic amines) is 1. The second-order valence-corrected chi connectivity index (χ2v) is 4.81. The van der Waals surface area contributed by atoms with Crippen LogP contribution < -0.4 is 4.90 Å². The number of pyridine rings is 1. The molecule has 0 atom stereocenters. The first-order chi connectivity index (χ1) is 9.20. The Morgan fingerprint density at radius 2 is 2.37 bits per heavy atom. The van der Waals surface area contributed by atoms with Gasteiger partial charge in [0.2, 0.25) is 5.91 Å². The van der Waals surface area contributed by atoms with Crippen molar-refractivity contribution in [2.45, 2.75) is 6.04 Å². The van der Waals surface area contributed by atoms with Gasteiger partial charge in [0.1, 0.15) is 0 Å². The number of aromatic nitrogens is 2. The van der Waals surface area contributed by atoms with Crippen molar-refractivity contribution < 1.29 is 4.79 Å². The van der Waals surface area contributed by atoms with Crippen molar-refractivity contribution in [3.05, 3.63) is 37.3 Å². The number of likely N-dealkylation sites (N-methyl/N-ethyl adjacent to an activating group) is 1. The van der Waals surface area contributed by atoms with Gasteiger partial charge in [-0.2, -0.15) is 0 Å². The van der Waals surface area contributed by atoms with E-state index in [1.54, 1.807) is 4.90 Å². The van der Waals surface area contributed by atoms with Gasteiger partial charge in [-0.25, -0.2) is 0 Å². The van der Waals surface area contributed by atoms with Crippen molar-refractivity contribution in [1.29, 1.82) is 0 Å². The first-order valence-corrected chi connectivity index (χ1v) is 6.26. The molecule has 98 valence electrons. The molecule has 0 aromatic carbocycles. The predicted molar refractivity (Wildman–Crippen MR) is 75.1 cm³/mol. The highest BCUT2D eigenvalue weighted by atomic mass is 16.2. The number of hydrogen-bond acceptors (Lipinski definition) is 3. The van der Waals surface area contributed by atoms with Gasteiger partial charge < -0.3 is 14.8 Å². The van der Waals surface area contributed by atoms with E-state index >= 15 is 0 Å². The van der Waals surface area contributed by atoms with Crippen molar-refractivity contribution in [3.8, 4) is 0 Å². The number of nitrogens with one attached hydrogen (secondary N) is 1. The lowest BCUT2D eigenvalue weighted by molar-refractivity contribution is -0.130. The Bertz CT molecular complexity index is 627. The molecule has 0 radical (unpaired) electrons. The zero-order valence-electron chi connectivity index (χ0n) is 10.8. The average molecular weight is 256 g/mol. The molecule has 0 bridgehead atoms. The normalized spacial score (nSPS) is 15.3. The summed E-state index contributed by atoms with van der Waals surface area (Å²) >= 11 is 0. The van der Waals surface area contributed by atoms with Crippen LogP contribution in [0.15, 0.2) is 37.3 Å². The zero-order valence-corrected chi connectivity index (χ0v) is 10.8. The van der Waals surface area contributed by atoms with E-state index < -0.39 is 0 Å². The van der Waals surface area contributed by atoms with Gasteiger partial charge >= 0.3 is 0 Å².